The number of hydrogen-bond donors (Lipinski definition) is 1. The molecule has 0 radical (unpaired) electrons. The van der Waals surface area contributed by atoms with Crippen LogP contribution < -0.4 is 5.32 Å². The van der Waals surface area contributed by atoms with E-state index in [-0.39, 0.29) is 23.8 Å². The van der Waals surface area contributed by atoms with Crippen molar-refractivity contribution in [1.82, 2.24) is 15.1 Å². The molecule has 2 heterocycles. The Kier molecular flexibility index (Phi) is 6.34. The highest BCUT2D eigenvalue weighted by molar-refractivity contribution is 5.82. The average Bonchev–Trinajstić information content (AvgIpc) is 3.02. The van der Waals surface area contributed by atoms with Crippen molar-refractivity contribution >= 4 is 24.0 Å². The molecule has 2 aliphatic rings. The van der Waals surface area contributed by atoms with Gasteiger partial charge in [0.05, 0.1) is 7.11 Å². The first-order chi connectivity index (χ1) is 13.5. The van der Waals surface area contributed by atoms with Crippen LogP contribution in [0.1, 0.15) is 24.8 Å². The summed E-state index contributed by atoms with van der Waals surface area (Å²) in [7, 11) is 1.27. The van der Waals surface area contributed by atoms with E-state index in [1.807, 2.05) is 47.4 Å². The van der Waals surface area contributed by atoms with Gasteiger partial charge in [0.15, 0.2) is 0 Å². The number of benzene rings is 1. The lowest BCUT2D eigenvalue weighted by Crippen LogP contribution is -2.47. The van der Waals surface area contributed by atoms with Gasteiger partial charge in [0, 0.05) is 38.0 Å². The zero-order chi connectivity index (χ0) is 20.0. The van der Waals surface area contributed by atoms with E-state index in [9.17, 15) is 14.4 Å². The van der Waals surface area contributed by atoms with Crippen molar-refractivity contribution in [3.8, 4) is 0 Å². The number of nitrogens with one attached hydrogen (secondary N) is 1. The SMILES string of the molecule is COC(=O)NCC(=O)N1CCC2(CC1)CC(=O)N(CC=Cc1ccccc1)C2. The summed E-state index contributed by atoms with van der Waals surface area (Å²) < 4.78 is 4.48. The number of hydrogen-bond acceptors (Lipinski definition) is 4. The van der Waals surface area contributed by atoms with Crippen LogP contribution in [0.5, 0.6) is 0 Å². The number of alkyl carbamates (subject to hydrolysis) is 1. The van der Waals surface area contributed by atoms with Gasteiger partial charge in [-0.15, -0.1) is 0 Å². The molecular formula is C21H27N3O4. The lowest BCUT2D eigenvalue weighted by atomic mass is 9.77. The van der Waals surface area contributed by atoms with Crippen LogP contribution in [-0.4, -0.2) is 67.5 Å². The fourth-order valence-electron chi connectivity index (χ4n) is 3.93. The first-order valence-electron chi connectivity index (χ1n) is 9.60. The summed E-state index contributed by atoms with van der Waals surface area (Å²) in [6, 6.07) is 10.0. The highest BCUT2D eigenvalue weighted by Crippen LogP contribution is 2.40. The Morgan fingerprint density at radius 3 is 2.61 bits per heavy atom. The van der Waals surface area contributed by atoms with Crippen molar-refractivity contribution in [3.63, 3.8) is 0 Å². The molecule has 150 valence electrons. The molecule has 1 aromatic rings. The maximum atomic E-state index is 12.5. The largest absolute Gasteiger partial charge is 0.453 e. The summed E-state index contributed by atoms with van der Waals surface area (Å²) in [5.74, 6) is 0.0667. The van der Waals surface area contributed by atoms with E-state index in [1.165, 1.54) is 7.11 Å². The molecule has 0 bridgehead atoms. The van der Waals surface area contributed by atoms with E-state index in [2.05, 4.69) is 10.1 Å². The van der Waals surface area contributed by atoms with Crippen molar-refractivity contribution in [2.24, 2.45) is 5.41 Å². The number of nitrogens with zero attached hydrogens (tertiary/aromatic N) is 2. The van der Waals surface area contributed by atoms with E-state index in [0.717, 1.165) is 24.9 Å². The molecule has 2 saturated heterocycles. The minimum atomic E-state index is -0.609. The van der Waals surface area contributed by atoms with Crippen LogP contribution in [0.4, 0.5) is 4.79 Å². The average molecular weight is 385 g/mol. The molecule has 2 aliphatic heterocycles. The summed E-state index contributed by atoms with van der Waals surface area (Å²) in [6.07, 6.45) is 5.62. The molecule has 0 aliphatic carbocycles. The normalized spacial score (nSPS) is 18.7. The first kappa shape index (κ1) is 19.9. The number of piperidine rings is 1. The van der Waals surface area contributed by atoms with Gasteiger partial charge >= 0.3 is 6.09 Å². The Morgan fingerprint density at radius 1 is 1.21 bits per heavy atom. The second kappa shape index (κ2) is 8.91. The van der Waals surface area contributed by atoms with Gasteiger partial charge in [-0.05, 0) is 18.4 Å². The molecule has 0 aromatic heterocycles. The van der Waals surface area contributed by atoms with Crippen molar-refractivity contribution in [2.75, 3.05) is 39.8 Å². The maximum Gasteiger partial charge on any atom is 0.407 e. The number of carbonyl (C=O) groups excluding carboxylic acids is 3. The van der Waals surface area contributed by atoms with Crippen molar-refractivity contribution in [2.45, 2.75) is 19.3 Å². The minimum Gasteiger partial charge on any atom is -0.453 e. The van der Waals surface area contributed by atoms with E-state index in [1.54, 1.807) is 4.90 Å². The molecule has 0 atom stereocenters. The van der Waals surface area contributed by atoms with Gasteiger partial charge in [-0.2, -0.15) is 0 Å². The number of carbonyl (C=O) groups is 3. The second-order valence-corrected chi connectivity index (χ2v) is 7.49. The number of ether oxygens (including phenoxy) is 1. The lowest BCUT2D eigenvalue weighted by molar-refractivity contribution is -0.132. The third kappa shape index (κ3) is 4.91. The standard InChI is InChI=1S/C21H27N3O4/c1-28-20(27)22-15-19(26)23-12-9-21(10-13-23)14-18(25)24(16-21)11-5-8-17-6-3-2-4-7-17/h2-8H,9-16H2,1H3,(H,22,27). The van der Waals surface area contributed by atoms with E-state index in [0.29, 0.717) is 26.1 Å². The second-order valence-electron chi connectivity index (χ2n) is 7.49. The number of rotatable bonds is 5. The van der Waals surface area contributed by atoms with Crippen LogP contribution in [0.3, 0.4) is 0 Å². The maximum absolute atomic E-state index is 12.5. The van der Waals surface area contributed by atoms with E-state index in [4.69, 9.17) is 0 Å². The monoisotopic (exact) mass is 385 g/mol. The van der Waals surface area contributed by atoms with Crippen LogP contribution in [-0.2, 0) is 14.3 Å². The van der Waals surface area contributed by atoms with Gasteiger partial charge < -0.3 is 19.9 Å². The molecular weight excluding hydrogens is 358 g/mol. The Hall–Kier alpha value is -2.83. The summed E-state index contributed by atoms with van der Waals surface area (Å²) >= 11 is 0. The van der Waals surface area contributed by atoms with Gasteiger partial charge in [-0.25, -0.2) is 4.79 Å². The third-order valence-corrected chi connectivity index (χ3v) is 5.59. The zero-order valence-electron chi connectivity index (χ0n) is 16.2. The Morgan fingerprint density at radius 2 is 1.93 bits per heavy atom. The van der Waals surface area contributed by atoms with Gasteiger partial charge in [0.25, 0.3) is 0 Å². The van der Waals surface area contributed by atoms with Gasteiger partial charge in [-0.3, -0.25) is 9.59 Å². The van der Waals surface area contributed by atoms with Crippen LogP contribution in [0, 0.1) is 5.41 Å². The smallest absolute Gasteiger partial charge is 0.407 e. The summed E-state index contributed by atoms with van der Waals surface area (Å²) in [5, 5.41) is 2.42. The Balaban J connectivity index is 1.47. The van der Waals surface area contributed by atoms with E-state index < -0.39 is 6.09 Å². The molecule has 1 N–H and O–H groups in total. The summed E-state index contributed by atoms with van der Waals surface area (Å²) in [6.45, 7) is 2.52. The summed E-state index contributed by atoms with van der Waals surface area (Å²) in [5.41, 5.74) is 1.08. The topological polar surface area (TPSA) is 79.0 Å². The van der Waals surface area contributed by atoms with Crippen molar-refractivity contribution in [1.29, 1.82) is 0 Å². The van der Waals surface area contributed by atoms with Crippen LogP contribution in [0.2, 0.25) is 0 Å². The highest BCUT2D eigenvalue weighted by atomic mass is 16.5. The number of amides is 3. The predicted octanol–water partition coefficient (Wildman–Crippen LogP) is 1.90. The summed E-state index contributed by atoms with van der Waals surface area (Å²) in [4.78, 5) is 39.4. The molecule has 0 unspecified atom stereocenters. The van der Waals surface area contributed by atoms with Gasteiger partial charge in [0.1, 0.15) is 6.54 Å². The van der Waals surface area contributed by atoms with Crippen molar-refractivity contribution < 1.29 is 19.1 Å². The fourth-order valence-corrected chi connectivity index (χ4v) is 3.93. The van der Waals surface area contributed by atoms with Crippen LogP contribution >= 0.6 is 0 Å². The Labute approximate surface area is 165 Å². The van der Waals surface area contributed by atoms with Crippen molar-refractivity contribution in [3.05, 3.63) is 42.0 Å². The van der Waals surface area contributed by atoms with Crippen LogP contribution in [0.15, 0.2) is 36.4 Å². The molecule has 2 fully saturated rings. The van der Waals surface area contributed by atoms with E-state index >= 15 is 0 Å². The molecule has 3 rings (SSSR count). The predicted molar refractivity (Wildman–Crippen MR) is 105 cm³/mol. The third-order valence-electron chi connectivity index (χ3n) is 5.59. The molecule has 1 spiro atoms. The molecule has 28 heavy (non-hydrogen) atoms. The molecule has 0 saturated carbocycles. The quantitative estimate of drug-likeness (QED) is 0.840. The molecule has 7 heteroatoms. The number of methoxy groups -OCH3 is 1. The van der Waals surface area contributed by atoms with Crippen LogP contribution in [0.25, 0.3) is 6.08 Å². The number of likely N-dealkylation sites (tertiary alicyclic amines) is 2. The lowest BCUT2D eigenvalue weighted by Gasteiger charge is -2.38. The highest BCUT2D eigenvalue weighted by Gasteiger charge is 2.44. The molecule has 1 aromatic carbocycles. The van der Waals surface area contributed by atoms with Gasteiger partial charge in [0.2, 0.25) is 11.8 Å². The Bertz CT molecular complexity index is 739. The van der Waals surface area contributed by atoms with Gasteiger partial charge in [-0.1, -0.05) is 42.5 Å². The first-order valence-corrected chi connectivity index (χ1v) is 9.60. The molecule has 7 nitrogen and oxygen atoms in total. The molecule has 3 amide bonds. The fraction of sp³-hybridized carbons (Fsp3) is 0.476. The minimum absolute atomic E-state index is 0.0375. The zero-order valence-corrected chi connectivity index (χ0v) is 16.2.